The van der Waals surface area contributed by atoms with Crippen LogP contribution in [-0.2, 0) is 0 Å². The Morgan fingerprint density at radius 2 is 1.81 bits per heavy atom. The van der Waals surface area contributed by atoms with Crippen LogP contribution in [0.2, 0.25) is 0 Å². The first-order valence-corrected chi connectivity index (χ1v) is 6.76. The molecule has 0 aromatic carbocycles. The number of hydrogen-bond acceptors (Lipinski definition) is 2. The fourth-order valence-corrected chi connectivity index (χ4v) is 2.28. The van der Waals surface area contributed by atoms with E-state index in [0.29, 0.717) is 17.0 Å². The summed E-state index contributed by atoms with van der Waals surface area (Å²) in [7, 11) is 0. The Kier molecular flexibility index (Phi) is 4.42. The summed E-state index contributed by atoms with van der Waals surface area (Å²) in [6, 6.07) is 0.612. The summed E-state index contributed by atoms with van der Waals surface area (Å²) in [5.74, 6) is 0. The fraction of sp³-hybridized carbons (Fsp3) is 1.00. The van der Waals surface area contributed by atoms with Gasteiger partial charge >= 0.3 is 0 Å². The molecule has 96 valence electrons. The summed E-state index contributed by atoms with van der Waals surface area (Å²) in [4.78, 5) is 2.67. The lowest BCUT2D eigenvalue weighted by Gasteiger charge is -2.41. The van der Waals surface area contributed by atoms with Crippen LogP contribution in [0.15, 0.2) is 0 Å². The molecule has 1 heterocycles. The maximum absolute atomic E-state index is 3.71. The molecule has 0 radical (unpaired) electrons. The molecule has 2 nitrogen and oxygen atoms in total. The molecular weight excluding hydrogens is 196 g/mol. The second-order valence-electron chi connectivity index (χ2n) is 6.84. The molecule has 1 rings (SSSR count). The van der Waals surface area contributed by atoms with Crippen molar-refractivity contribution in [3.05, 3.63) is 0 Å². The predicted octanol–water partition coefficient (Wildman–Crippen LogP) is 2.89. The van der Waals surface area contributed by atoms with E-state index in [0.717, 1.165) is 6.54 Å². The van der Waals surface area contributed by atoms with Gasteiger partial charge in [-0.1, -0.05) is 27.7 Å². The topological polar surface area (TPSA) is 15.3 Å². The summed E-state index contributed by atoms with van der Waals surface area (Å²) in [5, 5.41) is 3.71. The van der Waals surface area contributed by atoms with Crippen LogP contribution in [0.5, 0.6) is 0 Å². The molecule has 0 aromatic heterocycles. The smallest absolute Gasteiger partial charge is 0.0243 e. The third kappa shape index (κ3) is 3.46. The van der Waals surface area contributed by atoms with E-state index in [1.54, 1.807) is 0 Å². The monoisotopic (exact) mass is 226 g/mol. The molecule has 0 bridgehead atoms. The van der Waals surface area contributed by atoms with Gasteiger partial charge in [0, 0.05) is 18.1 Å². The van der Waals surface area contributed by atoms with E-state index < -0.39 is 0 Å². The minimum atomic E-state index is 0.343. The Morgan fingerprint density at radius 1 is 1.19 bits per heavy atom. The lowest BCUT2D eigenvalue weighted by atomic mass is 9.85. The molecule has 0 aliphatic carbocycles. The van der Waals surface area contributed by atoms with Gasteiger partial charge in [0.15, 0.2) is 0 Å². The highest BCUT2D eigenvalue weighted by molar-refractivity contribution is 4.90. The third-order valence-corrected chi connectivity index (χ3v) is 4.17. The molecule has 0 spiro atoms. The van der Waals surface area contributed by atoms with Crippen molar-refractivity contribution in [2.45, 2.75) is 66.0 Å². The molecule has 16 heavy (non-hydrogen) atoms. The van der Waals surface area contributed by atoms with Gasteiger partial charge in [-0.15, -0.1) is 0 Å². The van der Waals surface area contributed by atoms with Gasteiger partial charge in [0.1, 0.15) is 0 Å². The lowest BCUT2D eigenvalue weighted by molar-refractivity contribution is 0.0932. The molecule has 1 unspecified atom stereocenters. The van der Waals surface area contributed by atoms with Crippen molar-refractivity contribution in [2.75, 3.05) is 19.6 Å². The molecule has 0 saturated carbocycles. The Hall–Kier alpha value is -0.0800. The van der Waals surface area contributed by atoms with Crippen molar-refractivity contribution in [2.24, 2.45) is 5.41 Å². The molecule has 1 fully saturated rings. The predicted molar refractivity (Wildman–Crippen MR) is 71.8 cm³/mol. The Morgan fingerprint density at radius 3 is 2.31 bits per heavy atom. The Bertz CT molecular complexity index is 215. The zero-order chi connectivity index (χ0) is 12.4. The second kappa shape index (κ2) is 5.05. The van der Waals surface area contributed by atoms with Gasteiger partial charge in [0.25, 0.3) is 0 Å². The van der Waals surface area contributed by atoms with E-state index >= 15 is 0 Å². The summed E-state index contributed by atoms with van der Waals surface area (Å²) in [6.45, 7) is 17.6. The Labute approximate surface area is 102 Å². The van der Waals surface area contributed by atoms with Gasteiger partial charge in [0.2, 0.25) is 0 Å². The molecule has 2 heteroatoms. The highest BCUT2D eigenvalue weighted by atomic mass is 15.2. The van der Waals surface area contributed by atoms with Gasteiger partial charge < -0.3 is 5.32 Å². The normalized spacial score (nSPS) is 25.5. The van der Waals surface area contributed by atoms with Gasteiger partial charge in [-0.3, -0.25) is 4.90 Å². The van der Waals surface area contributed by atoms with Crippen molar-refractivity contribution in [1.82, 2.24) is 10.2 Å². The van der Waals surface area contributed by atoms with Crippen LogP contribution < -0.4 is 5.32 Å². The highest BCUT2D eigenvalue weighted by Crippen LogP contribution is 2.26. The van der Waals surface area contributed by atoms with Crippen LogP contribution in [0.1, 0.15) is 54.4 Å². The van der Waals surface area contributed by atoms with E-state index in [-0.39, 0.29) is 0 Å². The molecule has 1 aliphatic rings. The largest absolute Gasteiger partial charge is 0.312 e. The van der Waals surface area contributed by atoms with E-state index in [9.17, 15) is 0 Å². The van der Waals surface area contributed by atoms with E-state index in [2.05, 4.69) is 51.8 Å². The van der Waals surface area contributed by atoms with Gasteiger partial charge in [-0.05, 0) is 45.2 Å². The second-order valence-corrected chi connectivity index (χ2v) is 6.84. The van der Waals surface area contributed by atoms with Crippen LogP contribution in [0.25, 0.3) is 0 Å². The number of rotatable bonds is 2. The van der Waals surface area contributed by atoms with E-state index in [4.69, 9.17) is 0 Å². The first-order chi connectivity index (χ1) is 7.27. The molecule has 1 aliphatic heterocycles. The van der Waals surface area contributed by atoms with Crippen molar-refractivity contribution < 1.29 is 0 Å². The molecule has 0 amide bonds. The quantitative estimate of drug-likeness (QED) is 0.779. The van der Waals surface area contributed by atoms with Gasteiger partial charge in [-0.2, -0.15) is 0 Å². The van der Waals surface area contributed by atoms with Crippen LogP contribution in [0.3, 0.4) is 0 Å². The lowest BCUT2D eigenvalue weighted by Crippen LogP contribution is -2.52. The fourth-order valence-electron chi connectivity index (χ4n) is 2.28. The van der Waals surface area contributed by atoms with Crippen molar-refractivity contribution in [3.8, 4) is 0 Å². The first-order valence-electron chi connectivity index (χ1n) is 6.76. The zero-order valence-electron chi connectivity index (χ0n) is 12.1. The maximum atomic E-state index is 3.71. The minimum Gasteiger partial charge on any atom is -0.312 e. The van der Waals surface area contributed by atoms with Crippen molar-refractivity contribution in [3.63, 3.8) is 0 Å². The molecule has 1 saturated heterocycles. The van der Waals surface area contributed by atoms with E-state index in [1.165, 1.54) is 25.9 Å². The average Bonchev–Trinajstić information content (AvgIpc) is 2.42. The van der Waals surface area contributed by atoms with E-state index in [1.807, 2.05) is 0 Å². The van der Waals surface area contributed by atoms with Gasteiger partial charge in [0.05, 0.1) is 0 Å². The number of nitrogens with zero attached hydrogens (tertiary/aromatic N) is 1. The average molecular weight is 226 g/mol. The number of nitrogens with one attached hydrogen (secondary N) is 1. The van der Waals surface area contributed by atoms with Crippen LogP contribution in [0.4, 0.5) is 0 Å². The molecule has 1 N–H and O–H groups in total. The first kappa shape index (κ1) is 14.0. The Balaban J connectivity index is 2.73. The minimum absolute atomic E-state index is 0.343. The molecule has 1 atom stereocenters. The van der Waals surface area contributed by atoms with Gasteiger partial charge in [-0.25, -0.2) is 0 Å². The molecular formula is C14H30N2. The maximum Gasteiger partial charge on any atom is 0.0243 e. The highest BCUT2D eigenvalue weighted by Gasteiger charge is 2.33. The van der Waals surface area contributed by atoms with Crippen LogP contribution in [0, 0.1) is 5.41 Å². The van der Waals surface area contributed by atoms with Crippen LogP contribution in [-0.4, -0.2) is 36.1 Å². The number of hydrogen-bond donors (Lipinski definition) is 1. The molecule has 0 aromatic rings. The van der Waals surface area contributed by atoms with Crippen LogP contribution >= 0.6 is 0 Å². The standard InChI is InChI=1S/C14H30N2/c1-7-14(5,6)16-10-8-9-15-12(11-16)13(2,3)4/h12,15H,7-11H2,1-6H3. The third-order valence-electron chi connectivity index (χ3n) is 4.17. The van der Waals surface area contributed by atoms with Crippen molar-refractivity contribution >= 4 is 0 Å². The summed E-state index contributed by atoms with van der Waals surface area (Å²) >= 11 is 0. The summed E-state index contributed by atoms with van der Waals surface area (Å²) in [6.07, 6.45) is 2.50. The zero-order valence-corrected chi connectivity index (χ0v) is 12.1. The SMILES string of the molecule is CCC(C)(C)N1CCCNC(C(C)(C)C)C1. The van der Waals surface area contributed by atoms with Crippen molar-refractivity contribution in [1.29, 1.82) is 0 Å². The summed E-state index contributed by atoms with van der Waals surface area (Å²) < 4.78 is 0. The summed E-state index contributed by atoms with van der Waals surface area (Å²) in [5.41, 5.74) is 0.696.